The van der Waals surface area contributed by atoms with Crippen molar-refractivity contribution in [3.05, 3.63) is 24.3 Å². The zero-order valence-electron chi connectivity index (χ0n) is 11.4. The number of benzene rings is 1. The molecule has 0 spiro atoms. The van der Waals surface area contributed by atoms with Crippen molar-refractivity contribution in [1.29, 1.82) is 0 Å². The molecule has 1 fully saturated rings. The summed E-state index contributed by atoms with van der Waals surface area (Å²) in [6.45, 7) is 0.0276. The van der Waals surface area contributed by atoms with Crippen LogP contribution >= 0.6 is 0 Å². The van der Waals surface area contributed by atoms with E-state index < -0.39 is 12.7 Å². The summed E-state index contributed by atoms with van der Waals surface area (Å²) >= 11 is 0. The Labute approximate surface area is 120 Å². The predicted octanol–water partition coefficient (Wildman–Crippen LogP) is 1.98. The summed E-state index contributed by atoms with van der Waals surface area (Å²) in [6, 6.07) is 6.41. The van der Waals surface area contributed by atoms with E-state index in [2.05, 4.69) is 5.32 Å². The van der Waals surface area contributed by atoms with E-state index in [-0.39, 0.29) is 32.2 Å². The van der Waals surface area contributed by atoms with Gasteiger partial charge in [-0.1, -0.05) is 6.07 Å². The zero-order valence-corrected chi connectivity index (χ0v) is 11.4. The van der Waals surface area contributed by atoms with Crippen LogP contribution < -0.4 is 11.1 Å². The molecule has 5 nitrogen and oxygen atoms in total. The second-order valence-corrected chi connectivity index (χ2v) is 4.93. The fraction of sp³-hybridized carbons (Fsp3) is 0.462. The predicted molar refractivity (Wildman–Crippen MR) is 73.9 cm³/mol. The maximum atomic E-state index is 12.3. The molecule has 0 aromatic heterocycles. The molecule has 3 N–H and O–H groups in total. The standard InChI is InChI=1S/C13H17F3N4O/c14-13(15,16)9-19-4-6-20(7-5-19)12(21)18-11-3-1-2-10(17)8-11/h1-3,8H,4-7,9,17H2,(H,18,21). The van der Waals surface area contributed by atoms with E-state index in [9.17, 15) is 18.0 Å². The molecule has 1 aliphatic heterocycles. The lowest BCUT2D eigenvalue weighted by molar-refractivity contribution is -0.148. The van der Waals surface area contributed by atoms with Crippen molar-refractivity contribution in [1.82, 2.24) is 9.80 Å². The Kier molecular flexibility index (Phi) is 4.56. The Bertz CT molecular complexity index is 498. The first kappa shape index (κ1) is 15.4. The molecule has 1 aliphatic rings. The van der Waals surface area contributed by atoms with E-state index in [4.69, 9.17) is 5.73 Å². The van der Waals surface area contributed by atoms with Crippen molar-refractivity contribution < 1.29 is 18.0 Å². The molecule has 2 amide bonds. The average molecular weight is 302 g/mol. The number of hydrogen-bond donors (Lipinski definition) is 2. The number of halogens is 3. The van der Waals surface area contributed by atoms with Crippen LogP contribution in [0.25, 0.3) is 0 Å². The third-order valence-corrected chi connectivity index (χ3v) is 3.20. The van der Waals surface area contributed by atoms with Crippen LogP contribution in [0.15, 0.2) is 24.3 Å². The highest BCUT2D eigenvalue weighted by atomic mass is 19.4. The lowest BCUT2D eigenvalue weighted by atomic mass is 10.3. The van der Waals surface area contributed by atoms with Crippen molar-refractivity contribution in [2.45, 2.75) is 6.18 Å². The van der Waals surface area contributed by atoms with Crippen molar-refractivity contribution in [2.75, 3.05) is 43.8 Å². The Balaban J connectivity index is 1.83. The van der Waals surface area contributed by atoms with Crippen LogP contribution in [0.5, 0.6) is 0 Å². The third-order valence-electron chi connectivity index (χ3n) is 3.20. The lowest BCUT2D eigenvalue weighted by Gasteiger charge is -2.34. The Morgan fingerprint density at radius 1 is 1.24 bits per heavy atom. The fourth-order valence-corrected chi connectivity index (χ4v) is 2.18. The SMILES string of the molecule is Nc1cccc(NC(=O)N2CCN(CC(F)(F)F)CC2)c1. The van der Waals surface area contributed by atoms with Crippen molar-refractivity contribution >= 4 is 17.4 Å². The first-order chi connectivity index (χ1) is 9.83. The zero-order chi connectivity index (χ0) is 15.5. The van der Waals surface area contributed by atoms with Gasteiger partial charge in [-0.3, -0.25) is 4.90 Å². The maximum absolute atomic E-state index is 12.3. The Hall–Kier alpha value is -1.96. The molecule has 116 valence electrons. The quantitative estimate of drug-likeness (QED) is 0.821. The summed E-state index contributed by atoms with van der Waals surface area (Å²) < 4.78 is 36.8. The number of piperazine rings is 1. The van der Waals surface area contributed by atoms with Gasteiger partial charge in [0.1, 0.15) is 0 Å². The molecule has 21 heavy (non-hydrogen) atoms. The molecule has 8 heteroatoms. The highest BCUT2D eigenvalue weighted by molar-refractivity contribution is 5.89. The highest BCUT2D eigenvalue weighted by Crippen LogP contribution is 2.18. The number of urea groups is 1. The van der Waals surface area contributed by atoms with Gasteiger partial charge in [-0.05, 0) is 18.2 Å². The molecule has 0 bridgehead atoms. The molecule has 1 saturated heterocycles. The Morgan fingerprint density at radius 3 is 2.48 bits per heavy atom. The molecule has 0 atom stereocenters. The molecule has 0 radical (unpaired) electrons. The summed E-state index contributed by atoms with van der Waals surface area (Å²) in [7, 11) is 0. The first-order valence-electron chi connectivity index (χ1n) is 6.54. The third kappa shape index (κ3) is 4.82. The van der Waals surface area contributed by atoms with Gasteiger partial charge in [0, 0.05) is 37.6 Å². The number of alkyl halides is 3. The molecule has 0 unspecified atom stereocenters. The van der Waals surface area contributed by atoms with Crippen LogP contribution in [0.3, 0.4) is 0 Å². The number of nitrogens with one attached hydrogen (secondary N) is 1. The van der Waals surface area contributed by atoms with Crippen LogP contribution in [0.2, 0.25) is 0 Å². The van der Waals surface area contributed by atoms with Gasteiger partial charge in [-0.15, -0.1) is 0 Å². The smallest absolute Gasteiger partial charge is 0.399 e. The van der Waals surface area contributed by atoms with Crippen LogP contribution in [0.1, 0.15) is 0 Å². The number of rotatable bonds is 2. The number of nitrogen functional groups attached to an aromatic ring is 1. The number of amides is 2. The van der Waals surface area contributed by atoms with Gasteiger partial charge in [0.05, 0.1) is 6.54 Å². The van der Waals surface area contributed by atoms with E-state index in [0.717, 1.165) is 0 Å². The van der Waals surface area contributed by atoms with Crippen LogP contribution in [-0.4, -0.2) is 54.7 Å². The maximum Gasteiger partial charge on any atom is 0.401 e. The summed E-state index contributed by atoms with van der Waals surface area (Å²) in [5.41, 5.74) is 6.71. The molecule has 1 heterocycles. The molecular formula is C13H17F3N4O. The number of carbonyl (C=O) groups excluding carboxylic acids is 1. The number of nitrogens with two attached hydrogens (primary N) is 1. The van der Waals surface area contributed by atoms with Gasteiger partial charge in [-0.2, -0.15) is 13.2 Å². The normalized spacial score (nSPS) is 16.8. The van der Waals surface area contributed by atoms with Crippen molar-refractivity contribution in [3.63, 3.8) is 0 Å². The van der Waals surface area contributed by atoms with E-state index in [1.165, 1.54) is 9.80 Å². The van der Waals surface area contributed by atoms with E-state index in [1.807, 2.05) is 0 Å². The van der Waals surface area contributed by atoms with Crippen LogP contribution in [-0.2, 0) is 0 Å². The Morgan fingerprint density at radius 2 is 1.90 bits per heavy atom. The number of anilines is 2. The second kappa shape index (κ2) is 6.21. The van der Waals surface area contributed by atoms with E-state index in [0.29, 0.717) is 11.4 Å². The molecular weight excluding hydrogens is 285 g/mol. The lowest BCUT2D eigenvalue weighted by Crippen LogP contribution is -2.51. The van der Waals surface area contributed by atoms with Gasteiger partial charge < -0.3 is 16.0 Å². The minimum Gasteiger partial charge on any atom is -0.399 e. The van der Waals surface area contributed by atoms with Gasteiger partial charge in [0.25, 0.3) is 0 Å². The largest absolute Gasteiger partial charge is 0.401 e. The highest BCUT2D eigenvalue weighted by Gasteiger charge is 2.32. The minimum atomic E-state index is -4.20. The summed E-state index contributed by atoms with van der Waals surface area (Å²) in [5, 5.41) is 2.68. The minimum absolute atomic E-state index is 0.212. The molecule has 1 aromatic rings. The van der Waals surface area contributed by atoms with Gasteiger partial charge >= 0.3 is 12.2 Å². The number of hydrogen-bond acceptors (Lipinski definition) is 3. The van der Waals surface area contributed by atoms with Crippen LogP contribution in [0.4, 0.5) is 29.3 Å². The summed E-state index contributed by atoms with van der Waals surface area (Å²) in [4.78, 5) is 14.8. The summed E-state index contributed by atoms with van der Waals surface area (Å²) in [5.74, 6) is 0. The fourth-order valence-electron chi connectivity index (χ4n) is 2.18. The summed E-state index contributed by atoms with van der Waals surface area (Å²) in [6.07, 6.45) is -4.20. The van der Waals surface area contributed by atoms with Gasteiger partial charge in [-0.25, -0.2) is 4.79 Å². The topological polar surface area (TPSA) is 61.6 Å². The number of nitrogens with zero attached hydrogens (tertiary/aromatic N) is 2. The average Bonchev–Trinajstić information content (AvgIpc) is 2.37. The molecule has 1 aromatic carbocycles. The molecule has 2 rings (SSSR count). The molecule has 0 saturated carbocycles. The number of carbonyl (C=O) groups is 1. The second-order valence-electron chi connectivity index (χ2n) is 4.93. The van der Waals surface area contributed by atoms with Crippen molar-refractivity contribution in [3.8, 4) is 0 Å². The molecule has 0 aliphatic carbocycles. The first-order valence-corrected chi connectivity index (χ1v) is 6.54. The monoisotopic (exact) mass is 302 g/mol. The van der Waals surface area contributed by atoms with Crippen LogP contribution in [0, 0.1) is 0 Å². The van der Waals surface area contributed by atoms with Gasteiger partial charge in [0.2, 0.25) is 0 Å². The van der Waals surface area contributed by atoms with Gasteiger partial charge in [0.15, 0.2) is 0 Å². The van der Waals surface area contributed by atoms with E-state index >= 15 is 0 Å². The van der Waals surface area contributed by atoms with E-state index in [1.54, 1.807) is 24.3 Å². The van der Waals surface area contributed by atoms with Crippen molar-refractivity contribution in [2.24, 2.45) is 0 Å².